The number of carbonyl (C=O) groups excluding carboxylic acids is 2. The summed E-state index contributed by atoms with van der Waals surface area (Å²) in [6.07, 6.45) is 5.31. The molecule has 0 spiro atoms. The molecule has 2 aromatic carbocycles. The van der Waals surface area contributed by atoms with E-state index in [0.29, 0.717) is 19.0 Å². The molecule has 2 atom stereocenters. The number of benzene rings is 2. The Hall–Kier alpha value is -3.81. The number of nitrogens with zero attached hydrogens (tertiary/aromatic N) is 4. The van der Waals surface area contributed by atoms with Gasteiger partial charge < -0.3 is 15.1 Å². The summed E-state index contributed by atoms with van der Waals surface area (Å²) in [5.41, 5.74) is 2.18. The van der Waals surface area contributed by atoms with Crippen LogP contribution in [0.4, 0.5) is 15.9 Å². The van der Waals surface area contributed by atoms with E-state index in [9.17, 15) is 14.0 Å². The Balaban J connectivity index is 1.05. The second-order valence-electron chi connectivity index (χ2n) is 10.0. The lowest BCUT2D eigenvalue weighted by atomic mass is 9.84. The highest BCUT2D eigenvalue weighted by atomic mass is 19.1. The largest absolute Gasteiger partial charge is 0.353 e. The van der Waals surface area contributed by atoms with E-state index >= 15 is 0 Å². The number of hydrogen-bond donors (Lipinski definition) is 1. The van der Waals surface area contributed by atoms with Crippen molar-refractivity contribution >= 4 is 23.3 Å². The standard InChI is InChI=1S/C28H28FN5O2/c29-25-5-2-1-4-24(25)28(36)34-22-11-12-23(34)15-19(14-22)18-7-9-21(10-8-18)31-27(35)20-16-33(17-20)26-6-3-13-30-32-26/h1-10,13,19-20,22-23H,11-12,14-17H2,(H,31,35). The van der Waals surface area contributed by atoms with Gasteiger partial charge in [-0.05, 0) is 73.6 Å². The number of rotatable bonds is 5. The van der Waals surface area contributed by atoms with E-state index in [2.05, 4.69) is 27.6 Å². The molecule has 3 aliphatic rings. The van der Waals surface area contributed by atoms with Crippen LogP contribution < -0.4 is 10.2 Å². The molecule has 0 saturated carbocycles. The SMILES string of the molecule is O=C(Nc1ccc(C2CC3CCC(C2)N3C(=O)c2ccccc2F)cc1)C1CN(c2cccnn2)C1. The van der Waals surface area contributed by atoms with E-state index < -0.39 is 5.82 Å². The van der Waals surface area contributed by atoms with E-state index in [4.69, 9.17) is 0 Å². The average Bonchev–Trinajstić information content (AvgIpc) is 3.13. The van der Waals surface area contributed by atoms with Crippen molar-refractivity contribution in [1.29, 1.82) is 0 Å². The van der Waals surface area contributed by atoms with Crippen LogP contribution in [-0.2, 0) is 4.79 Å². The van der Waals surface area contributed by atoms with Gasteiger partial charge in [-0.1, -0.05) is 24.3 Å². The van der Waals surface area contributed by atoms with Gasteiger partial charge in [-0.25, -0.2) is 4.39 Å². The van der Waals surface area contributed by atoms with Crippen molar-refractivity contribution in [3.05, 3.63) is 83.8 Å². The molecule has 0 radical (unpaired) electrons. The number of halogens is 1. The highest BCUT2D eigenvalue weighted by molar-refractivity contribution is 5.95. The third kappa shape index (κ3) is 4.21. The summed E-state index contributed by atoms with van der Waals surface area (Å²) in [7, 11) is 0. The number of piperidine rings is 1. The quantitative estimate of drug-likeness (QED) is 0.585. The van der Waals surface area contributed by atoms with Crippen LogP contribution in [0.15, 0.2) is 66.9 Å². The molecule has 1 aromatic heterocycles. The first-order chi connectivity index (χ1) is 17.6. The molecular weight excluding hydrogens is 457 g/mol. The molecule has 4 heterocycles. The Labute approximate surface area is 209 Å². The number of carbonyl (C=O) groups is 2. The van der Waals surface area contributed by atoms with Gasteiger partial charge in [-0.15, -0.1) is 5.10 Å². The highest BCUT2D eigenvalue weighted by Gasteiger charge is 2.44. The lowest BCUT2D eigenvalue weighted by Gasteiger charge is -2.39. The van der Waals surface area contributed by atoms with Crippen molar-refractivity contribution < 1.29 is 14.0 Å². The van der Waals surface area contributed by atoms with E-state index in [-0.39, 0.29) is 35.4 Å². The first-order valence-electron chi connectivity index (χ1n) is 12.6. The highest BCUT2D eigenvalue weighted by Crippen LogP contribution is 2.44. The second-order valence-corrected chi connectivity index (χ2v) is 10.0. The fraction of sp³-hybridized carbons (Fsp3) is 0.357. The summed E-state index contributed by atoms with van der Waals surface area (Å²) in [4.78, 5) is 29.7. The molecule has 184 valence electrons. The molecule has 3 aromatic rings. The predicted octanol–water partition coefficient (Wildman–Crippen LogP) is 4.24. The zero-order valence-electron chi connectivity index (χ0n) is 19.9. The van der Waals surface area contributed by atoms with Gasteiger partial charge in [0.05, 0.1) is 11.5 Å². The Bertz CT molecular complexity index is 1250. The summed E-state index contributed by atoms with van der Waals surface area (Å²) in [5, 5.41) is 11.0. The van der Waals surface area contributed by atoms with Crippen molar-refractivity contribution in [1.82, 2.24) is 15.1 Å². The Kier molecular flexibility index (Phi) is 5.87. The number of hydrogen-bond acceptors (Lipinski definition) is 5. The van der Waals surface area contributed by atoms with Crippen LogP contribution in [0.3, 0.4) is 0 Å². The van der Waals surface area contributed by atoms with Crippen molar-refractivity contribution in [2.75, 3.05) is 23.3 Å². The number of anilines is 2. The van der Waals surface area contributed by atoms with Gasteiger partial charge in [-0.2, -0.15) is 5.10 Å². The van der Waals surface area contributed by atoms with E-state index in [0.717, 1.165) is 37.2 Å². The monoisotopic (exact) mass is 485 g/mol. The Morgan fingerprint density at radius 3 is 2.31 bits per heavy atom. The smallest absolute Gasteiger partial charge is 0.257 e. The van der Waals surface area contributed by atoms with E-state index in [1.807, 2.05) is 34.1 Å². The average molecular weight is 486 g/mol. The van der Waals surface area contributed by atoms with Gasteiger partial charge in [0, 0.05) is 37.1 Å². The van der Waals surface area contributed by atoms with Gasteiger partial charge in [-0.3, -0.25) is 9.59 Å². The summed E-state index contributed by atoms with van der Waals surface area (Å²) in [6, 6.07) is 18.3. The number of fused-ring (bicyclic) bond motifs is 2. The summed E-state index contributed by atoms with van der Waals surface area (Å²) in [6.45, 7) is 1.27. The molecule has 3 aliphatic heterocycles. The zero-order chi connectivity index (χ0) is 24.6. The summed E-state index contributed by atoms with van der Waals surface area (Å²) >= 11 is 0. The molecule has 0 aliphatic carbocycles. The van der Waals surface area contributed by atoms with Crippen LogP contribution in [0.1, 0.15) is 47.5 Å². The van der Waals surface area contributed by atoms with E-state index in [1.165, 1.54) is 11.6 Å². The fourth-order valence-electron chi connectivity index (χ4n) is 5.93. The topological polar surface area (TPSA) is 78.4 Å². The van der Waals surface area contributed by atoms with Crippen LogP contribution in [0.2, 0.25) is 0 Å². The molecule has 6 rings (SSSR count). The maximum atomic E-state index is 14.2. The number of amides is 2. The molecule has 2 unspecified atom stereocenters. The van der Waals surface area contributed by atoms with Crippen molar-refractivity contribution in [2.24, 2.45) is 5.92 Å². The fourth-order valence-corrected chi connectivity index (χ4v) is 5.93. The van der Waals surface area contributed by atoms with Gasteiger partial charge in [0.1, 0.15) is 5.82 Å². The predicted molar refractivity (Wildman–Crippen MR) is 134 cm³/mol. The molecule has 7 nitrogen and oxygen atoms in total. The van der Waals surface area contributed by atoms with Crippen LogP contribution in [0.5, 0.6) is 0 Å². The molecular formula is C28H28FN5O2. The number of aromatic nitrogens is 2. The van der Waals surface area contributed by atoms with Gasteiger partial charge in [0.15, 0.2) is 5.82 Å². The maximum absolute atomic E-state index is 14.2. The van der Waals surface area contributed by atoms with Crippen LogP contribution in [-0.4, -0.2) is 52.1 Å². The van der Waals surface area contributed by atoms with Gasteiger partial charge in [0.2, 0.25) is 5.91 Å². The third-order valence-corrected chi connectivity index (χ3v) is 7.86. The number of nitrogens with one attached hydrogen (secondary N) is 1. The normalized spacial score (nSPS) is 23.3. The lowest BCUT2D eigenvalue weighted by Crippen LogP contribution is -2.52. The Morgan fingerprint density at radius 2 is 1.64 bits per heavy atom. The molecule has 3 saturated heterocycles. The molecule has 2 amide bonds. The van der Waals surface area contributed by atoms with Crippen LogP contribution >= 0.6 is 0 Å². The van der Waals surface area contributed by atoms with Gasteiger partial charge in [0.25, 0.3) is 5.91 Å². The van der Waals surface area contributed by atoms with Crippen molar-refractivity contribution in [2.45, 2.75) is 43.7 Å². The zero-order valence-corrected chi connectivity index (χ0v) is 19.9. The lowest BCUT2D eigenvalue weighted by molar-refractivity contribution is -0.120. The Morgan fingerprint density at radius 1 is 0.917 bits per heavy atom. The minimum atomic E-state index is -0.454. The summed E-state index contributed by atoms with van der Waals surface area (Å²) in [5.74, 6) is 0.445. The molecule has 3 fully saturated rings. The van der Waals surface area contributed by atoms with E-state index in [1.54, 1.807) is 24.4 Å². The molecule has 36 heavy (non-hydrogen) atoms. The summed E-state index contributed by atoms with van der Waals surface area (Å²) < 4.78 is 14.2. The van der Waals surface area contributed by atoms with Gasteiger partial charge >= 0.3 is 0 Å². The first kappa shape index (κ1) is 22.6. The third-order valence-electron chi connectivity index (χ3n) is 7.86. The minimum absolute atomic E-state index is 0.0147. The van der Waals surface area contributed by atoms with Crippen LogP contribution in [0.25, 0.3) is 0 Å². The molecule has 8 heteroatoms. The van der Waals surface area contributed by atoms with Crippen molar-refractivity contribution in [3.63, 3.8) is 0 Å². The van der Waals surface area contributed by atoms with Crippen molar-refractivity contribution in [3.8, 4) is 0 Å². The second kappa shape index (κ2) is 9.33. The molecule has 1 N–H and O–H groups in total. The van der Waals surface area contributed by atoms with Crippen LogP contribution in [0, 0.1) is 11.7 Å². The first-order valence-corrected chi connectivity index (χ1v) is 12.6. The maximum Gasteiger partial charge on any atom is 0.257 e. The minimum Gasteiger partial charge on any atom is -0.353 e. The molecule has 2 bridgehead atoms.